The Morgan fingerprint density at radius 2 is 1.78 bits per heavy atom. The quantitative estimate of drug-likeness (QED) is 0.668. The second-order valence-electron chi connectivity index (χ2n) is 7.85. The molecule has 3 aromatic heterocycles. The van der Waals surface area contributed by atoms with Crippen molar-refractivity contribution in [2.45, 2.75) is 39.7 Å². The number of morpholine rings is 1. The maximum Gasteiger partial charge on any atom is 0.207 e. The lowest BCUT2D eigenvalue weighted by molar-refractivity contribution is 0.122. The molecule has 0 aliphatic carbocycles. The number of nitrogens with zero attached hydrogens (tertiary/aromatic N) is 9. The van der Waals surface area contributed by atoms with Crippen LogP contribution in [-0.4, -0.2) is 66.0 Å². The van der Waals surface area contributed by atoms with Crippen LogP contribution in [-0.2, 0) is 23.7 Å². The minimum atomic E-state index is -0.181. The fourth-order valence-corrected chi connectivity index (χ4v) is 2.95. The number of anilines is 1. The van der Waals surface area contributed by atoms with Crippen molar-refractivity contribution in [3.8, 4) is 0 Å². The number of aryl methyl sites for hydroxylation is 1. The van der Waals surface area contributed by atoms with Gasteiger partial charge in [0.15, 0.2) is 17.2 Å². The molecule has 0 amide bonds. The van der Waals surface area contributed by atoms with Gasteiger partial charge in [0.05, 0.1) is 13.2 Å². The van der Waals surface area contributed by atoms with Crippen LogP contribution in [0.2, 0.25) is 0 Å². The summed E-state index contributed by atoms with van der Waals surface area (Å²) in [5, 5.41) is 17.6. The van der Waals surface area contributed by atoms with Crippen molar-refractivity contribution in [3.05, 3.63) is 17.5 Å². The molecule has 1 aliphatic heterocycles. The van der Waals surface area contributed by atoms with E-state index in [1.165, 1.54) is 0 Å². The van der Waals surface area contributed by atoms with Gasteiger partial charge in [-0.05, 0) is 6.92 Å². The first-order valence-corrected chi connectivity index (χ1v) is 9.14. The normalized spacial score (nSPS) is 15.7. The van der Waals surface area contributed by atoms with E-state index >= 15 is 0 Å². The summed E-state index contributed by atoms with van der Waals surface area (Å²) in [5.74, 6) is 3.24. The van der Waals surface area contributed by atoms with Crippen LogP contribution < -0.4 is 4.90 Å². The van der Waals surface area contributed by atoms with E-state index in [-0.39, 0.29) is 5.41 Å². The molecule has 144 valence electrons. The number of fused-ring (bicyclic) bond motifs is 1. The van der Waals surface area contributed by atoms with E-state index in [1.807, 2.05) is 18.5 Å². The molecule has 0 aromatic carbocycles. The van der Waals surface area contributed by atoms with Gasteiger partial charge in [0.25, 0.3) is 0 Å². The Balaban J connectivity index is 1.79. The summed E-state index contributed by atoms with van der Waals surface area (Å²) >= 11 is 0. The van der Waals surface area contributed by atoms with Gasteiger partial charge in [0.1, 0.15) is 18.2 Å². The average molecular weight is 371 g/mol. The van der Waals surface area contributed by atoms with Gasteiger partial charge in [-0.15, -0.1) is 20.4 Å². The molecule has 1 saturated heterocycles. The summed E-state index contributed by atoms with van der Waals surface area (Å²) in [6, 6.07) is 0. The molecule has 10 heteroatoms. The van der Waals surface area contributed by atoms with Gasteiger partial charge >= 0.3 is 0 Å². The minimum absolute atomic E-state index is 0.181. The molecule has 0 atom stereocenters. The van der Waals surface area contributed by atoms with E-state index in [0.29, 0.717) is 30.9 Å². The SMILES string of the molecule is Cc1nnc(Cn2nc3nc(C(C)(C)C)nc(N4CCOCC4)c3n2)n1C. The Morgan fingerprint density at radius 3 is 2.41 bits per heavy atom. The first-order chi connectivity index (χ1) is 12.8. The molecule has 3 aromatic rings. The lowest BCUT2D eigenvalue weighted by Gasteiger charge is -2.28. The average Bonchev–Trinajstić information content (AvgIpc) is 3.18. The van der Waals surface area contributed by atoms with Crippen LogP contribution in [0.1, 0.15) is 38.2 Å². The molecule has 0 bridgehead atoms. The Morgan fingerprint density at radius 1 is 1.04 bits per heavy atom. The highest BCUT2D eigenvalue weighted by Crippen LogP contribution is 2.27. The molecule has 1 fully saturated rings. The number of hydrogen-bond acceptors (Lipinski definition) is 8. The van der Waals surface area contributed by atoms with Gasteiger partial charge in [-0.3, -0.25) is 0 Å². The molecule has 4 rings (SSSR count). The van der Waals surface area contributed by atoms with Crippen molar-refractivity contribution in [3.63, 3.8) is 0 Å². The summed E-state index contributed by atoms with van der Waals surface area (Å²) in [5.41, 5.74) is 1.14. The van der Waals surface area contributed by atoms with Crippen LogP contribution in [0.5, 0.6) is 0 Å². The van der Waals surface area contributed by atoms with Crippen molar-refractivity contribution in [2.75, 3.05) is 31.2 Å². The minimum Gasteiger partial charge on any atom is -0.378 e. The largest absolute Gasteiger partial charge is 0.378 e. The Hall–Kier alpha value is -2.62. The van der Waals surface area contributed by atoms with Crippen LogP contribution in [0.3, 0.4) is 0 Å². The summed E-state index contributed by atoms with van der Waals surface area (Å²) in [7, 11) is 1.94. The zero-order valence-corrected chi connectivity index (χ0v) is 16.5. The lowest BCUT2D eigenvalue weighted by Crippen LogP contribution is -2.37. The predicted molar refractivity (Wildman–Crippen MR) is 99.7 cm³/mol. The van der Waals surface area contributed by atoms with E-state index in [9.17, 15) is 0 Å². The Labute approximate surface area is 157 Å². The monoisotopic (exact) mass is 371 g/mol. The van der Waals surface area contributed by atoms with Gasteiger partial charge in [0.2, 0.25) is 5.65 Å². The van der Waals surface area contributed by atoms with E-state index in [1.54, 1.807) is 4.80 Å². The highest BCUT2D eigenvalue weighted by Gasteiger charge is 2.25. The Bertz CT molecular complexity index is 963. The fourth-order valence-electron chi connectivity index (χ4n) is 2.95. The van der Waals surface area contributed by atoms with Gasteiger partial charge in [0, 0.05) is 25.6 Å². The number of rotatable bonds is 3. The lowest BCUT2D eigenvalue weighted by atomic mass is 9.96. The number of hydrogen-bond donors (Lipinski definition) is 0. The zero-order valence-electron chi connectivity index (χ0n) is 16.5. The van der Waals surface area contributed by atoms with Crippen molar-refractivity contribution < 1.29 is 4.74 Å². The number of aromatic nitrogens is 8. The van der Waals surface area contributed by atoms with Gasteiger partial charge in [-0.25, -0.2) is 9.97 Å². The van der Waals surface area contributed by atoms with Gasteiger partial charge < -0.3 is 14.2 Å². The zero-order chi connectivity index (χ0) is 19.2. The fraction of sp³-hybridized carbons (Fsp3) is 0.647. The molecule has 0 radical (unpaired) electrons. The van der Waals surface area contributed by atoms with E-state index in [0.717, 1.165) is 36.4 Å². The molecule has 10 nitrogen and oxygen atoms in total. The second-order valence-corrected chi connectivity index (χ2v) is 7.85. The summed E-state index contributed by atoms with van der Waals surface area (Å²) in [4.78, 5) is 13.4. The standard InChI is InChI=1S/C17H25N9O/c1-11-20-21-12(24(11)5)10-26-22-13-14(23-26)18-16(17(2,3)4)19-15(13)25-6-8-27-9-7-25/h6-10H2,1-5H3. The topological polar surface area (TPSA) is 99.7 Å². The first kappa shape index (κ1) is 17.8. The maximum absolute atomic E-state index is 5.49. The summed E-state index contributed by atoms with van der Waals surface area (Å²) in [6.45, 7) is 11.6. The molecule has 1 aliphatic rings. The first-order valence-electron chi connectivity index (χ1n) is 9.14. The highest BCUT2D eigenvalue weighted by molar-refractivity contribution is 5.82. The van der Waals surface area contributed by atoms with E-state index in [2.05, 4.69) is 51.0 Å². The molecular formula is C17H25N9O. The van der Waals surface area contributed by atoms with Crippen LogP contribution >= 0.6 is 0 Å². The third-order valence-electron chi connectivity index (χ3n) is 4.72. The van der Waals surface area contributed by atoms with Crippen LogP contribution in [0.4, 0.5) is 5.82 Å². The number of ether oxygens (including phenoxy) is 1. The van der Waals surface area contributed by atoms with E-state index < -0.39 is 0 Å². The van der Waals surface area contributed by atoms with Crippen LogP contribution in [0.25, 0.3) is 11.2 Å². The van der Waals surface area contributed by atoms with E-state index in [4.69, 9.17) is 9.72 Å². The molecular weight excluding hydrogens is 346 g/mol. The third kappa shape index (κ3) is 3.36. The molecule has 0 spiro atoms. The molecule has 27 heavy (non-hydrogen) atoms. The smallest absolute Gasteiger partial charge is 0.207 e. The van der Waals surface area contributed by atoms with Crippen molar-refractivity contribution in [2.24, 2.45) is 7.05 Å². The summed E-state index contributed by atoms with van der Waals surface area (Å²) < 4.78 is 7.42. The molecule has 0 saturated carbocycles. The van der Waals surface area contributed by atoms with Crippen molar-refractivity contribution >= 4 is 17.0 Å². The molecule has 4 heterocycles. The van der Waals surface area contributed by atoms with Crippen LogP contribution in [0.15, 0.2) is 0 Å². The highest BCUT2D eigenvalue weighted by atomic mass is 16.5. The van der Waals surface area contributed by atoms with Gasteiger partial charge in [-0.2, -0.15) is 4.80 Å². The predicted octanol–water partition coefficient (Wildman–Crippen LogP) is 0.841. The molecule has 0 N–H and O–H groups in total. The van der Waals surface area contributed by atoms with Crippen molar-refractivity contribution in [1.82, 2.24) is 39.7 Å². The van der Waals surface area contributed by atoms with Crippen LogP contribution in [0, 0.1) is 6.92 Å². The maximum atomic E-state index is 5.49. The molecule has 0 unspecified atom stereocenters. The summed E-state index contributed by atoms with van der Waals surface area (Å²) in [6.07, 6.45) is 0. The Kier molecular flexibility index (Phi) is 4.29. The second kappa shape index (κ2) is 6.52. The van der Waals surface area contributed by atoms with Gasteiger partial charge in [-0.1, -0.05) is 20.8 Å². The van der Waals surface area contributed by atoms with Crippen molar-refractivity contribution in [1.29, 1.82) is 0 Å². The third-order valence-corrected chi connectivity index (χ3v) is 4.72.